The Labute approximate surface area is 82.6 Å². The summed E-state index contributed by atoms with van der Waals surface area (Å²) in [5.41, 5.74) is -0.0862. The minimum absolute atomic E-state index is 0.167. The Morgan fingerprint density at radius 2 is 2.08 bits per heavy atom. The third kappa shape index (κ3) is 1.40. The van der Waals surface area contributed by atoms with E-state index >= 15 is 0 Å². The first-order valence-electron chi connectivity index (χ1n) is 6.20. The zero-order valence-corrected chi connectivity index (χ0v) is 6.93. The van der Waals surface area contributed by atoms with Gasteiger partial charge in [0.2, 0.25) is 0 Å². The van der Waals surface area contributed by atoms with Gasteiger partial charge in [0.15, 0.2) is 0 Å². The van der Waals surface area contributed by atoms with Crippen molar-refractivity contribution in [1.82, 2.24) is 9.78 Å². The second-order valence-electron chi connectivity index (χ2n) is 2.59. The lowest BCUT2D eigenvalue weighted by Crippen LogP contribution is -2.12. The number of aryl methyl sites for hydroxylation is 1. The van der Waals surface area contributed by atoms with Crippen molar-refractivity contribution in [2.45, 2.75) is 6.92 Å². The quantitative estimate of drug-likeness (QED) is 0.707. The number of nitrogens with one attached hydrogen (secondary N) is 1. The standard InChI is InChI=1S/C10H10N2O/c1-8-7-10(13)12(11-8)9-5-3-2-4-6-9/h2-7,11H,1H3/i2D,3D,4D,5D,6D. The number of rotatable bonds is 1. The van der Waals surface area contributed by atoms with Gasteiger partial charge in [0.05, 0.1) is 12.5 Å². The topological polar surface area (TPSA) is 37.8 Å². The molecule has 0 aliphatic carbocycles. The van der Waals surface area contributed by atoms with Gasteiger partial charge in [0, 0.05) is 11.8 Å². The van der Waals surface area contributed by atoms with Crippen LogP contribution in [0, 0.1) is 6.92 Å². The molecule has 0 radical (unpaired) electrons. The van der Waals surface area contributed by atoms with E-state index in [0.717, 1.165) is 4.68 Å². The molecular weight excluding hydrogens is 164 g/mol. The van der Waals surface area contributed by atoms with E-state index in [4.69, 9.17) is 6.85 Å². The van der Waals surface area contributed by atoms with E-state index in [9.17, 15) is 4.79 Å². The van der Waals surface area contributed by atoms with Gasteiger partial charge in [-0.2, -0.15) is 0 Å². The van der Waals surface area contributed by atoms with Gasteiger partial charge >= 0.3 is 0 Å². The number of aromatic nitrogens is 2. The molecule has 3 heteroatoms. The number of aromatic amines is 1. The molecule has 0 bridgehead atoms. The van der Waals surface area contributed by atoms with Crippen molar-refractivity contribution in [3.63, 3.8) is 0 Å². The van der Waals surface area contributed by atoms with Crippen LogP contribution < -0.4 is 5.56 Å². The van der Waals surface area contributed by atoms with Gasteiger partial charge in [-0.15, -0.1) is 0 Å². The Morgan fingerprint density at radius 3 is 2.62 bits per heavy atom. The fourth-order valence-corrected chi connectivity index (χ4v) is 1.03. The normalized spacial score (nSPS) is 15.6. The Morgan fingerprint density at radius 1 is 1.38 bits per heavy atom. The molecule has 0 amide bonds. The van der Waals surface area contributed by atoms with Gasteiger partial charge in [-0.1, -0.05) is 18.1 Å². The maximum atomic E-state index is 11.6. The zero-order chi connectivity index (χ0) is 13.6. The van der Waals surface area contributed by atoms with Gasteiger partial charge in [0.1, 0.15) is 0 Å². The highest BCUT2D eigenvalue weighted by atomic mass is 16.1. The molecule has 0 spiro atoms. The summed E-state index contributed by atoms with van der Waals surface area (Å²) < 4.78 is 38.9. The summed E-state index contributed by atoms with van der Waals surface area (Å²) in [7, 11) is 0. The summed E-state index contributed by atoms with van der Waals surface area (Å²) in [6.07, 6.45) is 0. The number of hydrogen-bond donors (Lipinski definition) is 1. The first-order chi connectivity index (χ1) is 8.34. The maximum Gasteiger partial charge on any atom is 0.271 e. The van der Waals surface area contributed by atoms with Crippen molar-refractivity contribution in [3.05, 3.63) is 52.3 Å². The summed E-state index contributed by atoms with van der Waals surface area (Å²) in [6, 6.07) is -0.948. The summed E-state index contributed by atoms with van der Waals surface area (Å²) in [6.45, 7) is 1.65. The number of nitrogens with zero attached hydrogens (tertiary/aromatic N) is 1. The Balaban J connectivity index is 2.88. The lowest BCUT2D eigenvalue weighted by Gasteiger charge is -1.99. The van der Waals surface area contributed by atoms with E-state index < -0.39 is 35.8 Å². The monoisotopic (exact) mass is 179 g/mol. The van der Waals surface area contributed by atoms with E-state index in [2.05, 4.69) is 5.10 Å². The Bertz CT molecular complexity index is 659. The molecule has 1 aromatic heterocycles. The fraction of sp³-hybridized carbons (Fsp3) is 0.100. The third-order valence-corrected chi connectivity index (χ3v) is 1.56. The van der Waals surface area contributed by atoms with Crippen molar-refractivity contribution >= 4 is 0 Å². The van der Waals surface area contributed by atoms with Crippen LogP contribution in [0.5, 0.6) is 0 Å². The van der Waals surface area contributed by atoms with Crippen molar-refractivity contribution in [1.29, 1.82) is 0 Å². The van der Waals surface area contributed by atoms with Crippen molar-refractivity contribution in [2.24, 2.45) is 0 Å². The van der Waals surface area contributed by atoms with E-state index in [1.807, 2.05) is 0 Å². The van der Waals surface area contributed by atoms with Crippen LogP contribution in [0.3, 0.4) is 0 Å². The smallest absolute Gasteiger partial charge is 0.271 e. The molecule has 0 fully saturated rings. The molecule has 0 saturated heterocycles. The molecule has 0 unspecified atom stereocenters. The molecule has 1 aromatic carbocycles. The molecule has 1 N–H and O–H groups in total. The van der Waals surface area contributed by atoms with Crippen LogP contribution in [0.2, 0.25) is 0 Å². The van der Waals surface area contributed by atoms with E-state index in [1.54, 1.807) is 6.92 Å². The molecule has 66 valence electrons. The summed E-state index contributed by atoms with van der Waals surface area (Å²) >= 11 is 0. The molecule has 3 nitrogen and oxygen atoms in total. The highest BCUT2D eigenvalue weighted by molar-refractivity contribution is 5.30. The van der Waals surface area contributed by atoms with Crippen LogP contribution >= 0.6 is 0 Å². The fourth-order valence-electron chi connectivity index (χ4n) is 1.03. The van der Waals surface area contributed by atoms with Crippen LogP contribution in [0.4, 0.5) is 0 Å². The summed E-state index contributed by atoms with van der Waals surface area (Å²) in [4.78, 5) is 11.6. The van der Waals surface area contributed by atoms with Gasteiger partial charge in [-0.3, -0.25) is 9.89 Å². The lowest BCUT2D eigenvalue weighted by molar-refractivity contribution is 0.835. The lowest BCUT2D eigenvalue weighted by atomic mass is 10.3. The molecule has 2 aromatic rings. The highest BCUT2D eigenvalue weighted by Gasteiger charge is 1.99. The number of hydrogen-bond acceptors (Lipinski definition) is 1. The zero-order valence-electron chi connectivity index (χ0n) is 11.9. The number of benzene rings is 1. The van der Waals surface area contributed by atoms with E-state index in [1.165, 1.54) is 6.07 Å². The second-order valence-corrected chi connectivity index (χ2v) is 2.59. The van der Waals surface area contributed by atoms with Crippen LogP contribution in [-0.4, -0.2) is 9.78 Å². The minimum Gasteiger partial charge on any atom is -0.295 e. The molecule has 0 aliphatic rings. The number of para-hydroxylation sites is 1. The predicted octanol–water partition coefficient (Wildman–Crippen LogP) is 1.47. The molecule has 13 heavy (non-hydrogen) atoms. The largest absolute Gasteiger partial charge is 0.295 e. The van der Waals surface area contributed by atoms with Crippen molar-refractivity contribution < 1.29 is 6.85 Å². The van der Waals surface area contributed by atoms with Crippen LogP contribution in [0.15, 0.2) is 41.1 Å². The van der Waals surface area contributed by atoms with Crippen LogP contribution in [0.25, 0.3) is 5.69 Å². The average Bonchev–Trinajstić information content (AvgIpc) is 2.64. The van der Waals surface area contributed by atoms with Gasteiger partial charge in [0.25, 0.3) is 5.56 Å². The Kier molecular flexibility index (Phi) is 0.894. The van der Waals surface area contributed by atoms with Gasteiger partial charge < -0.3 is 0 Å². The molecule has 1 heterocycles. The van der Waals surface area contributed by atoms with Gasteiger partial charge in [-0.05, 0) is 19.0 Å². The molecule has 0 aliphatic heterocycles. The minimum atomic E-state index is -0.481. The van der Waals surface area contributed by atoms with E-state index in [0.29, 0.717) is 5.69 Å². The molecule has 2 rings (SSSR count). The Hall–Kier alpha value is -1.77. The predicted molar refractivity (Wildman–Crippen MR) is 51.1 cm³/mol. The van der Waals surface area contributed by atoms with Crippen molar-refractivity contribution in [3.8, 4) is 5.69 Å². The summed E-state index contributed by atoms with van der Waals surface area (Å²) in [5, 5.41) is 2.65. The van der Waals surface area contributed by atoms with Gasteiger partial charge in [-0.25, -0.2) is 4.68 Å². The van der Waals surface area contributed by atoms with Crippen LogP contribution in [0.1, 0.15) is 12.5 Å². The molecule has 0 saturated carbocycles. The highest BCUT2D eigenvalue weighted by Crippen LogP contribution is 2.02. The third-order valence-electron chi connectivity index (χ3n) is 1.56. The SMILES string of the molecule is [2H]c1c([2H])c([2H])c(-n2[nH]c(C)cc2=O)c([2H])c1[2H]. The first-order valence-corrected chi connectivity index (χ1v) is 3.70. The van der Waals surface area contributed by atoms with E-state index in [-0.39, 0.29) is 5.69 Å². The number of H-pyrrole nitrogens is 1. The average molecular weight is 179 g/mol. The molecule has 0 atom stereocenters. The first kappa shape index (κ1) is 3.96. The summed E-state index contributed by atoms with van der Waals surface area (Å²) in [5.74, 6) is 0. The molecular formula is C10H10N2O. The maximum absolute atomic E-state index is 11.6. The second kappa shape index (κ2) is 2.94. The van der Waals surface area contributed by atoms with Crippen molar-refractivity contribution in [2.75, 3.05) is 0 Å². The van der Waals surface area contributed by atoms with Crippen LogP contribution in [-0.2, 0) is 0 Å².